The van der Waals surface area contributed by atoms with Crippen molar-refractivity contribution in [3.8, 4) is 22.3 Å². The molecule has 1 aliphatic rings. The minimum atomic E-state index is -0.736. The van der Waals surface area contributed by atoms with Crippen LogP contribution in [0.4, 0.5) is 8.78 Å². The van der Waals surface area contributed by atoms with Crippen molar-refractivity contribution >= 4 is 0 Å². The highest BCUT2D eigenvalue weighted by molar-refractivity contribution is 5.71. The van der Waals surface area contributed by atoms with E-state index in [1.807, 2.05) is 24.3 Å². The summed E-state index contributed by atoms with van der Waals surface area (Å²) in [6.07, 6.45) is 14.4. The van der Waals surface area contributed by atoms with Crippen LogP contribution in [0.1, 0.15) is 89.2 Å². The van der Waals surface area contributed by atoms with E-state index in [2.05, 4.69) is 38.1 Å². The van der Waals surface area contributed by atoms with Crippen LogP contribution in [0.15, 0.2) is 60.7 Å². The SMILES string of the molecule is CCCCCc1ccc(-c2ccc(-c3ccc(CCC4CCC(CCC)CC4)cc3)cc2)c(F)c1F. The van der Waals surface area contributed by atoms with Crippen molar-refractivity contribution in [2.75, 3.05) is 0 Å². The predicted octanol–water partition coefficient (Wildman–Crippen LogP) is 10.6. The van der Waals surface area contributed by atoms with Gasteiger partial charge in [0.25, 0.3) is 0 Å². The number of unbranched alkanes of at least 4 members (excludes halogenated alkanes) is 2. The first kappa shape index (κ1) is 26.6. The first-order valence-corrected chi connectivity index (χ1v) is 14.3. The third-order valence-corrected chi connectivity index (χ3v) is 8.20. The molecule has 0 aliphatic heterocycles. The molecule has 0 atom stereocenters. The van der Waals surface area contributed by atoms with E-state index in [-0.39, 0.29) is 0 Å². The minimum Gasteiger partial charge on any atom is -0.203 e. The van der Waals surface area contributed by atoms with E-state index in [1.165, 1.54) is 50.5 Å². The lowest BCUT2D eigenvalue weighted by atomic mass is 9.78. The summed E-state index contributed by atoms with van der Waals surface area (Å²) in [4.78, 5) is 0. The third-order valence-electron chi connectivity index (χ3n) is 8.20. The molecule has 0 nitrogen and oxygen atoms in total. The van der Waals surface area contributed by atoms with Crippen molar-refractivity contribution in [2.45, 2.75) is 90.9 Å². The first-order chi connectivity index (χ1) is 17.6. The molecule has 3 aromatic rings. The topological polar surface area (TPSA) is 0 Å². The summed E-state index contributed by atoms with van der Waals surface area (Å²) in [5.41, 5.74) is 5.17. The van der Waals surface area contributed by atoms with E-state index in [0.717, 1.165) is 48.6 Å². The molecule has 2 heteroatoms. The summed E-state index contributed by atoms with van der Waals surface area (Å²) in [6.45, 7) is 4.41. The smallest absolute Gasteiger partial charge is 0.166 e. The summed E-state index contributed by atoms with van der Waals surface area (Å²) in [6, 6.07) is 20.1. The molecule has 36 heavy (non-hydrogen) atoms. The van der Waals surface area contributed by atoms with Gasteiger partial charge in [-0.25, -0.2) is 8.78 Å². The van der Waals surface area contributed by atoms with Crippen LogP contribution in [0.5, 0.6) is 0 Å². The summed E-state index contributed by atoms with van der Waals surface area (Å²) in [5, 5.41) is 0. The molecule has 1 aliphatic carbocycles. The number of hydrogen-bond acceptors (Lipinski definition) is 0. The van der Waals surface area contributed by atoms with Crippen LogP contribution in [0.2, 0.25) is 0 Å². The molecule has 0 bridgehead atoms. The lowest BCUT2D eigenvalue weighted by molar-refractivity contribution is 0.252. The maximum Gasteiger partial charge on any atom is 0.166 e. The molecule has 1 fully saturated rings. The molecule has 4 rings (SSSR count). The van der Waals surface area contributed by atoms with E-state index in [0.29, 0.717) is 23.1 Å². The number of aryl methyl sites for hydroxylation is 2. The van der Waals surface area contributed by atoms with Crippen molar-refractivity contribution in [2.24, 2.45) is 11.8 Å². The molecule has 0 radical (unpaired) electrons. The highest BCUT2D eigenvalue weighted by Crippen LogP contribution is 2.34. The van der Waals surface area contributed by atoms with E-state index >= 15 is 0 Å². The summed E-state index contributed by atoms with van der Waals surface area (Å²) >= 11 is 0. The molecule has 0 saturated heterocycles. The summed E-state index contributed by atoms with van der Waals surface area (Å²) in [7, 11) is 0. The Morgan fingerprint density at radius 2 is 1.17 bits per heavy atom. The maximum absolute atomic E-state index is 14.8. The first-order valence-electron chi connectivity index (χ1n) is 14.3. The molecule has 0 unspecified atom stereocenters. The van der Waals surface area contributed by atoms with Gasteiger partial charge in [-0.1, -0.05) is 126 Å². The van der Waals surface area contributed by atoms with Crippen molar-refractivity contribution in [1.29, 1.82) is 0 Å². The molecular weight excluding hydrogens is 446 g/mol. The van der Waals surface area contributed by atoms with Crippen molar-refractivity contribution < 1.29 is 8.78 Å². The normalized spacial score (nSPS) is 17.9. The lowest BCUT2D eigenvalue weighted by Gasteiger charge is -2.28. The minimum absolute atomic E-state index is 0.331. The fourth-order valence-electron chi connectivity index (χ4n) is 5.86. The highest BCUT2D eigenvalue weighted by atomic mass is 19.2. The highest BCUT2D eigenvalue weighted by Gasteiger charge is 2.20. The molecule has 192 valence electrons. The summed E-state index contributed by atoms with van der Waals surface area (Å²) in [5.74, 6) is 0.431. The largest absolute Gasteiger partial charge is 0.203 e. The fraction of sp³-hybridized carbons (Fsp3) is 0.471. The Kier molecular flexibility index (Phi) is 9.73. The number of rotatable bonds is 11. The molecule has 1 saturated carbocycles. The number of benzene rings is 3. The van der Waals surface area contributed by atoms with E-state index < -0.39 is 11.6 Å². The van der Waals surface area contributed by atoms with E-state index in [9.17, 15) is 8.78 Å². The van der Waals surface area contributed by atoms with E-state index in [1.54, 1.807) is 12.1 Å². The predicted molar refractivity (Wildman–Crippen MR) is 149 cm³/mol. The van der Waals surface area contributed by atoms with Gasteiger partial charge in [0.15, 0.2) is 11.6 Å². The van der Waals surface area contributed by atoms with Crippen molar-refractivity contribution in [1.82, 2.24) is 0 Å². The van der Waals surface area contributed by atoms with Gasteiger partial charge in [-0.15, -0.1) is 0 Å². The van der Waals surface area contributed by atoms with Gasteiger partial charge in [-0.2, -0.15) is 0 Å². The van der Waals surface area contributed by atoms with Gasteiger partial charge in [0.1, 0.15) is 0 Å². The molecule has 0 spiro atoms. The van der Waals surface area contributed by atoms with Gasteiger partial charge in [0, 0.05) is 5.56 Å². The monoisotopic (exact) mass is 488 g/mol. The van der Waals surface area contributed by atoms with Crippen LogP contribution >= 0.6 is 0 Å². The Bertz CT molecular complexity index is 1070. The zero-order valence-electron chi connectivity index (χ0n) is 22.2. The number of hydrogen-bond donors (Lipinski definition) is 0. The molecule has 0 amide bonds. The lowest BCUT2D eigenvalue weighted by Crippen LogP contribution is -2.15. The van der Waals surface area contributed by atoms with Gasteiger partial charge in [-0.05, 0) is 65.3 Å². The van der Waals surface area contributed by atoms with E-state index in [4.69, 9.17) is 0 Å². The maximum atomic E-state index is 14.8. The second-order valence-electron chi connectivity index (χ2n) is 10.8. The van der Waals surface area contributed by atoms with Crippen LogP contribution in [0.25, 0.3) is 22.3 Å². The molecular formula is C34H42F2. The Labute approximate surface area is 217 Å². The van der Waals surface area contributed by atoms with Crippen LogP contribution in [0.3, 0.4) is 0 Å². The number of halogens is 2. The Hall–Kier alpha value is -2.48. The molecule has 3 aromatic carbocycles. The van der Waals surface area contributed by atoms with Gasteiger partial charge in [0.2, 0.25) is 0 Å². The standard InChI is InChI=1S/C34H42F2/c1-3-5-6-8-31-23-24-32(34(36)33(31)35)30-21-19-29(20-22-30)28-17-15-27(16-18-28)14-13-26-11-9-25(7-4-2)10-12-26/h15-26H,3-14H2,1-2H3. The van der Waals surface area contributed by atoms with Crippen molar-refractivity contribution in [3.05, 3.63) is 83.4 Å². The zero-order valence-corrected chi connectivity index (χ0v) is 22.2. The van der Waals surface area contributed by atoms with Crippen LogP contribution < -0.4 is 0 Å². The Balaban J connectivity index is 1.34. The van der Waals surface area contributed by atoms with Crippen LogP contribution in [-0.4, -0.2) is 0 Å². The summed E-state index contributed by atoms with van der Waals surface area (Å²) < 4.78 is 29.4. The third kappa shape index (κ3) is 6.84. The van der Waals surface area contributed by atoms with Gasteiger partial charge >= 0.3 is 0 Å². The van der Waals surface area contributed by atoms with Crippen LogP contribution in [0, 0.1) is 23.5 Å². The molecule has 0 N–H and O–H groups in total. The Morgan fingerprint density at radius 3 is 1.78 bits per heavy atom. The van der Waals surface area contributed by atoms with Gasteiger partial charge in [-0.3, -0.25) is 0 Å². The van der Waals surface area contributed by atoms with Gasteiger partial charge in [0.05, 0.1) is 0 Å². The van der Waals surface area contributed by atoms with Crippen LogP contribution in [-0.2, 0) is 12.8 Å². The van der Waals surface area contributed by atoms with Gasteiger partial charge < -0.3 is 0 Å². The average Bonchev–Trinajstić information content (AvgIpc) is 2.91. The zero-order chi connectivity index (χ0) is 25.3. The second-order valence-corrected chi connectivity index (χ2v) is 10.8. The second kappa shape index (κ2) is 13.2. The fourth-order valence-corrected chi connectivity index (χ4v) is 5.86. The Morgan fingerprint density at radius 1 is 0.583 bits per heavy atom. The van der Waals surface area contributed by atoms with Crippen molar-refractivity contribution in [3.63, 3.8) is 0 Å². The average molecular weight is 489 g/mol. The quantitative estimate of drug-likeness (QED) is 0.235. The molecule has 0 heterocycles. The molecule has 0 aromatic heterocycles.